The number of benzene rings is 1. The summed E-state index contributed by atoms with van der Waals surface area (Å²) in [5, 5.41) is 2.82. The zero-order chi connectivity index (χ0) is 15.5. The van der Waals surface area contributed by atoms with E-state index >= 15 is 0 Å². The molecule has 0 aromatic heterocycles. The van der Waals surface area contributed by atoms with E-state index in [9.17, 15) is 13.2 Å². The van der Waals surface area contributed by atoms with Gasteiger partial charge < -0.3 is 10.1 Å². The number of hydrogen-bond acceptors (Lipinski definition) is 4. The van der Waals surface area contributed by atoms with Crippen molar-refractivity contribution >= 4 is 27.3 Å². The van der Waals surface area contributed by atoms with Crippen LogP contribution in [-0.4, -0.2) is 33.3 Å². The fraction of sp³-hybridized carbons (Fsp3) is 0.500. The third-order valence-corrected chi connectivity index (χ3v) is 4.81. The number of rotatable bonds is 5. The van der Waals surface area contributed by atoms with Crippen molar-refractivity contribution in [3.05, 3.63) is 23.8 Å². The summed E-state index contributed by atoms with van der Waals surface area (Å²) < 4.78 is 31.5. The number of nitrogens with one attached hydrogen (secondary N) is 2. The van der Waals surface area contributed by atoms with Gasteiger partial charge in [0.25, 0.3) is 0 Å². The van der Waals surface area contributed by atoms with Gasteiger partial charge in [0.2, 0.25) is 15.9 Å². The molecule has 1 unspecified atom stereocenters. The second-order valence-electron chi connectivity index (χ2n) is 5.20. The Morgan fingerprint density at radius 3 is 2.86 bits per heavy atom. The maximum absolute atomic E-state index is 12.0. The van der Waals surface area contributed by atoms with E-state index in [1.165, 1.54) is 7.11 Å². The molecular weight excluding hydrogens is 292 g/mol. The molecule has 116 valence electrons. The summed E-state index contributed by atoms with van der Waals surface area (Å²) in [7, 11) is -1.98. The first-order valence-corrected chi connectivity index (χ1v) is 8.51. The highest BCUT2D eigenvalue weighted by atomic mass is 32.2. The number of sulfonamides is 1. The molecule has 0 saturated heterocycles. The second kappa shape index (κ2) is 6.44. The normalized spacial score (nSPS) is 16.6. The van der Waals surface area contributed by atoms with Crippen LogP contribution in [0.1, 0.15) is 25.3 Å². The number of aryl methyl sites for hydroxylation is 1. The van der Waals surface area contributed by atoms with Crippen LogP contribution in [0.4, 0.5) is 11.4 Å². The first-order chi connectivity index (χ1) is 9.89. The molecule has 1 aromatic carbocycles. The lowest BCUT2D eigenvalue weighted by atomic mass is 10.1. The van der Waals surface area contributed by atoms with E-state index in [4.69, 9.17) is 4.74 Å². The molecule has 21 heavy (non-hydrogen) atoms. The van der Waals surface area contributed by atoms with Gasteiger partial charge in [-0.25, -0.2) is 8.42 Å². The van der Waals surface area contributed by atoms with Crippen LogP contribution in [0.5, 0.6) is 0 Å². The summed E-state index contributed by atoms with van der Waals surface area (Å²) in [6.45, 7) is 1.70. The maximum atomic E-state index is 12.0. The van der Waals surface area contributed by atoms with Crippen molar-refractivity contribution in [1.82, 2.24) is 0 Å². The summed E-state index contributed by atoms with van der Waals surface area (Å²) >= 11 is 0. The standard InChI is InChI=1S/C14H20N2O4S/c1-10(20-2)9-21(18,19)16-12-6-7-13-11(8-12)4-3-5-14(17)15-13/h6-8,10,16H,3-5,9H2,1-2H3,(H,15,17). The molecule has 0 radical (unpaired) electrons. The van der Waals surface area contributed by atoms with Crippen LogP contribution in [0.25, 0.3) is 0 Å². The Morgan fingerprint density at radius 2 is 2.14 bits per heavy atom. The van der Waals surface area contributed by atoms with E-state index in [1.54, 1.807) is 25.1 Å². The molecule has 0 aliphatic carbocycles. The number of ether oxygens (including phenoxy) is 1. The second-order valence-corrected chi connectivity index (χ2v) is 6.97. The molecule has 1 heterocycles. The zero-order valence-corrected chi connectivity index (χ0v) is 13.0. The van der Waals surface area contributed by atoms with E-state index in [2.05, 4.69) is 10.0 Å². The molecule has 0 saturated carbocycles. The molecular formula is C14H20N2O4S. The van der Waals surface area contributed by atoms with Crippen molar-refractivity contribution in [1.29, 1.82) is 0 Å². The molecule has 1 amide bonds. The summed E-state index contributed by atoms with van der Waals surface area (Å²) in [6, 6.07) is 5.16. The largest absolute Gasteiger partial charge is 0.381 e. The van der Waals surface area contributed by atoms with Gasteiger partial charge in [0.05, 0.1) is 11.9 Å². The van der Waals surface area contributed by atoms with Crippen molar-refractivity contribution < 1.29 is 17.9 Å². The topological polar surface area (TPSA) is 84.5 Å². The number of carbonyl (C=O) groups is 1. The van der Waals surface area contributed by atoms with E-state index in [0.29, 0.717) is 12.1 Å². The quantitative estimate of drug-likeness (QED) is 0.867. The monoisotopic (exact) mass is 312 g/mol. The molecule has 7 heteroatoms. The lowest BCUT2D eigenvalue weighted by Gasteiger charge is -2.14. The van der Waals surface area contributed by atoms with Crippen molar-refractivity contribution in [3.8, 4) is 0 Å². The molecule has 1 atom stereocenters. The Bertz CT molecular complexity index is 628. The van der Waals surface area contributed by atoms with E-state index in [0.717, 1.165) is 24.1 Å². The number of carbonyl (C=O) groups excluding carboxylic acids is 1. The average molecular weight is 312 g/mol. The van der Waals surface area contributed by atoms with E-state index in [1.807, 2.05) is 0 Å². The molecule has 6 nitrogen and oxygen atoms in total. The van der Waals surface area contributed by atoms with Gasteiger partial charge in [-0.1, -0.05) is 0 Å². The molecule has 2 N–H and O–H groups in total. The Hall–Kier alpha value is -1.60. The van der Waals surface area contributed by atoms with E-state index < -0.39 is 10.0 Å². The minimum atomic E-state index is -3.45. The lowest BCUT2D eigenvalue weighted by Crippen LogP contribution is -2.25. The fourth-order valence-electron chi connectivity index (χ4n) is 2.24. The minimum Gasteiger partial charge on any atom is -0.381 e. The van der Waals surface area contributed by atoms with Crippen molar-refractivity contribution in [2.75, 3.05) is 22.9 Å². The molecule has 2 rings (SSSR count). The SMILES string of the molecule is COC(C)CS(=O)(=O)Nc1ccc2c(c1)CCCC(=O)N2. The molecule has 0 bridgehead atoms. The van der Waals surface area contributed by atoms with Crippen LogP contribution in [-0.2, 0) is 26.0 Å². The average Bonchev–Trinajstić information content (AvgIpc) is 2.58. The van der Waals surface area contributed by atoms with Gasteiger partial charge in [-0.3, -0.25) is 9.52 Å². The molecule has 1 aliphatic rings. The van der Waals surface area contributed by atoms with Crippen molar-refractivity contribution in [3.63, 3.8) is 0 Å². The van der Waals surface area contributed by atoms with Gasteiger partial charge in [-0.05, 0) is 43.5 Å². The number of hydrogen-bond donors (Lipinski definition) is 2. The lowest BCUT2D eigenvalue weighted by molar-refractivity contribution is -0.116. The van der Waals surface area contributed by atoms with Crippen LogP contribution in [0.15, 0.2) is 18.2 Å². The van der Waals surface area contributed by atoms with Gasteiger partial charge >= 0.3 is 0 Å². The van der Waals surface area contributed by atoms with Crippen molar-refractivity contribution in [2.24, 2.45) is 0 Å². The first kappa shape index (κ1) is 15.8. The predicted octanol–water partition coefficient (Wildman–Crippen LogP) is 1.74. The van der Waals surface area contributed by atoms with Crippen LogP contribution < -0.4 is 10.0 Å². The Balaban J connectivity index is 2.15. The van der Waals surface area contributed by atoms with Crippen LogP contribution in [0, 0.1) is 0 Å². The Labute approximate surface area is 124 Å². The van der Waals surface area contributed by atoms with Gasteiger partial charge in [0, 0.05) is 24.9 Å². The van der Waals surface area contributed by atoms with Crippen LogP contribution in [0.3, 0.4) is 0 Å². The molecule has 1 aliphatic heterocycles. The van der Waals surface area contributed by atoms with E-state index in [-0.39, 0.29) is 17.8 Å². The minimum absolute atomic E-state index is 0.00370. The number of fused-ring (bicyclic) bond motifs is 1. The van der Waals surface area contributed by atoms with Gasteiger partial charge in [0.15, 0.2) is 0 Å². The van der Waals surface area contributed by atoms with Gasteiger partial charge in [-0.15, -0.1) is 0 Å². The van der Waals surface area contributed by atoms with Gasteiger partial charge in [-0.2, -0.15) is 0 Å². The maximum Gasteiger partial charge on any atom is 0.235 e. The third-order valence-electron chi connectivity index (χ3n) is 3.36. The summed E-state index contributed by atoms with van der Waals surface area (Å²) in [4.78, 5) is 11.5. The summed E-state index contributed by atoms with van der Waals surface area (Å²) in [5.74, 6) is -0.104. The highest BCUT2D eigenvalue weighted by molar-refractivity contribution is 7.92. The summed E-state index contributed by atoms with van der Waals surface area (Å²) in [6.07, 6.45) is 1.62. The van der Waals surface area contributed by atoms with Crippen molar-refractivity contribution in [2.45, 2.75) is 32.3 Å². The fourth-order valence-corrected chi connectivity index (χ4v) is 3.56. The molecule has 0 spiro atoms. The Morgan fingerprint density at radius 1 is 1.38 bits per heavy atom. The van der Waals surface area contributed by atoms with Crippen LogP contribution in [0.2, 0.25) is 0 Å². The smallest absolute Gasteiger partial charge is 0.235 e. The predicted molar refractivity (Wildman–Crippen MR) is 81.9 cm³/mol. The first-order valence-electron chi connectivity index (χ1n) is 6.85. The highest BCUT2D eigenvalue weighted by Gasteiger charge is 2.17. The van der Waals surface area contributed by atoms with Crippen LogP contribution >= 0.6 is 0 Å². The summed E-state index contributed by atoms with van der Waals surface area (Å²) in [5.41, 5.74) is 2.21. The highest BCUT2D eigenvalue weighted by Crippen LogP contribution is 2.25. The third kappa shape index (κ3) is 4.44. The molecule has 1 aromatic rings. The number of amides is 1. The number of anilines is 2. The zero-order valence-electron chi connectivity index (χ0n) is 12.2. The van der Waals surface area contributed by atoms with Gasteiger partial charge in [0.1, 0.15) is 0 Å². The Kier molecular flexibility index (Phi) is 4.84. The molecule has 0 fully saturated rings. The number of methoxy groups -OCH3 is 1.